The van der Waals surface area contributed by atoms with E-state index in [0.717, 1.165) is 16.4 Å². The van der Waals surface area contributed by atoms with Gasteiger partial charge in [0.25, 0.3) is 5.91 Å². The second-order valence-corrected chi connectivity index (χ2v) is 3.99. The van der Waals surface area contributed by atoms with E-state index < -0.39 is 11.9 Å². The van der Waals surface area contributed by atoms with E-state index in [1.807, 2.05) is 12.1 Å². The van der Waals surface area contributed by atoms with Gasteiger partial charge in [-0.1, -0.05) is 12.1 Å². The molecule has 20 heavy (non-hydrogen) atoms. The van der Waals surface area contributed by atoms with Crippen molar-refractivity contribution in [1.29, 1.82) is 0 Å². The number of rotatable bonds is 7. The van der Waals surface area contributed by atoms with Crippen LogP contribution in [0.1, 0.15) is 18.9 Å². The van der Waals surface area contributed by atoms with Crippen LogP contribution >= 0.6 is 0 Å². The minimum absolute atomic E-state index is 0.231. The molecule has 0 atom stereocenters. The van der Waals surface area contributed by atoms with Gasteiger partial charge in [-0.2, -0.15) is 0 Å². The summed E-state index contributed by atoms with van der Waals surface area (Å²) >= 11 is 0. The van der Waals surface area contributed by atoms with Gasteiger partial charge >= 0.3 is 5.97 Å². The quantitative estimate of drug-likeness (QED) is 0.431. The van der Waals surface area contributed by atoms with Gasteiger partial charge in [-0.3, -0.25) is 14.4 Å². The van der Waals surface area contributed by atoms with Crippen molar-refractivity contribution in [3.63, 3.8) is 0 Å². The summed E-state index contributed by atoms with van der Waals surface area (Å²) in [6.07, 6.45) is -0.326. The van der Waals surface area contributed by atoms with Gasteiger partial charge < -0.3 is 9.47 Å². The van der Waals surface area contributed by atoms with Crippen LogP contribution in [0.25, 0.3) is 0 Å². The normalized spacial score (nSPS) is 9.95. The lowest BCUT2D eigenvalue weighted by molar-refractivity contribution is -0.184. The summed E-state index contributed by atoms with van der Waals surface area (Å²) in [7, 11) is 3.05. The molecule has 0 spiro atoms. The zero-order valence-electron chi connectivity index (χ0n) is 11.9. The maximum atomic E-state index is 11.6. The monoisotopic (exact) mass is 281 g/mol. The van der Waals surface area contributed by atoms with E-state index in [2.05, 4.69) is 0 Å². The van der Waals surface area contributed by atoms with E-state index in [0.29, 0.717) is 0 Å². The third-order valence-corrected chi connectivity index (χ3v) is 2.54. The molecule has 0 radical (unpaired) electrons. The second kappa shape index (κ2) is 8.16. The van der Waals surface area contributed by atoms with Crippen molar-refractivity contribution in [2.24, 2.45) is 0 Å². The molecule has 0 bridgehead atoms. The molecule has 0 fully saturated rings. The van der Waals surface area contributed by atoms with Crippen molar-refractivity contribution in [3.05, 3.63) is 29.8 Å². The van der Waals surface area contributed by atoms with Crippen LogP contribution in [0.3, 0.4) is 0 Å². The first-order chi connectivity index (χ1) is 9.56. The molecular formula is C14H19NO5. The first-order valence-electron chi connectivity index (χ1n) is 6.24. The molecule has 1 aromatic carbocycles. The molecule has 0 aromatic heterocycles. The van der Waals surface area contributed by atoms with Crippen molar-refractivity contribution >= 4 is 11.9 Å². The number of benzene rings is 1. The SMILES string of the molecule is CCOC(=O)CC(=O)N(C)OCc1ccc(OC)cc1. The number of hydrogen-bond donors (Lipinski definition) is 0. The minimum Gasteiger partial charge on any atom is -0.497 e. The van der Waals surface area contributed by atoms with E-state index in [4.69, 9.17) is 14.3 Å². The number of hydroxylamine groups is 2. The lowest BCUT2D eigenvalue weighted by atomic mass is 10.2. The van der Waals surface area contributed by atoms with Crippen molar-refractivity contribution in [2.75, 3.05) is 20.8 Å². The topological polar surface area (TPSA) is 65.1 Å². The molecule has 0 aliphatic rings. The predicted octanol–water partition coefficient (Wildman–Crippen LogP) is 1.54. The fourth-order valence-electron chi connectivity index (χ4n) is 1.41. The van der Waals surface area contributed by atoms with Crippen LogP contribution in [-0.4, -0.2) is 37.7 Å². The van der Waals surface area contributed by atoms with E-state index in [1.54, 1.807) is 26.2 Å². The lowest BCUT2D eigenvalue weighted by Gasteiger charge is -2.16. The summed E-state index contributed by atoms with van der Waals surface area (Å²) in [6, 6.07) is 7.28. The number of carbonyl (C=O) groups is 2. The third kappa shape index (κ3) is 5.27. The Balaban J connectivity index is 2.39. The van der Waals surface area contributed by atoms with Gasteiger partial charge in [0.2, 0.25) is 0 Å². The van der Waals surface area contributed by atoms with Crippen LogP contribution in [0.2, 0.25) is 0 Å². The smallest absolute Gasteiger partial charge is 0.315 e. The van der Waals surface area contributed by atoms with Crippen LogP contribution in [-0.2, 0) is 25.8 Å². The molecule has 0 aliphatic heterocycles. The highest BCUT2D eigenvalue weighted by atomic mass is 16.7. The van der Waals surface area contributed by atoms with E-state index in [1.165, 1.54) is 7.05 Å². The number of hydrogen-bond acceptors (Lipinski definition) is 5. The van der Waals surface area contributed by atoms with Crippen molar-refractivity contribution in [2.45, 2.75) is 20.0 Å². The summed E-state index contributed by atoms with van der Waals surface area (Å²) in [5.41, 5.74) is 0.890. The minimum atomic E-state index is -0.558. The first kappa shape index (κ1) is 16.0. The molecule has 1 amide bonds. The zero-order valence-corrected chi connectivity index (χ0v) is 11.9. The molecule has 1 aromatic rings. The Hall–Kier alpha value is -2.08. The van der Waals surface area contributed by atoms with Gasteiger partial charge in [-0.15, -0.1) is 0 Å². The second-order valence-electron chi connectivity index (χ2n) is 3.99. The lowest BCUT2D eigenvalue weighted by Crippen LogP contribution is -2.29. The van der Waals surface area contributed by atoms with E-state index >= 15 is 0 Å². The van der Waals surface area contributed by atoms with E-state index in [9.17, 15) is 9.59 Å². The summed E-state index contributed by atoms with van der Waals surface area (Å²) in [6.45, 7) is 2.17. The molecule has 0 saturated carbocycles. The van der Waals surface area contributed by atoms with Gasteiger partial charge in [0.1, 0.15) is 18.8 Å². The number of amides is 1. The van der Waals surface area contributed by atoms with Gasteiger partial charge in [0, 0.05) is 7.05 Å². The highest BCUT2D eigenvalue weighted by Gasteiger charge is 2.15. The fraction of sp³-hybridized carbons (Fsp3) is 0.429. The van der Waals surface area contributed by atoms with Gasteiger partial charge in [0.05, 0.1) is 13.7 Å². The largest absolute Gasteiger partial charge is 0.497 e. The van der Waals surface area contributed by atoms with Crippen LogP contribution in [0.4, 0.5) is 0 Å². The number of methoxy groups -OCH3 is 1. The molecule has 0 heterocycles. The van der Waals surface area contributed by atoms with Crippen molar-refractivity contribution in [1.82, 2.24) is 5.06 Å². The molecule has 0 aliphatic carbocycles. The number of nitrogens with zero attached hydrogens (tertiary/aromatic N) is 1. The van der Waals surface area contributed by atoms with Gasteiger partial charge in [-0.25, -0.2) is 5.06 Å². The molecular weight excluding hydrogens is 262 g/mol. The van der Waals surface area contributed by atoms with Crippen LogP contribution in [0.15, 0.2) is 24.3 Å². The van der Waals surface area contributed by atoms with Crippen LogP contribution < -0.4 is 4.74 Å². The summed E-state index contributed by atoms with van der Waals surface area (Å²) in [5, 5.41) is 1.04. The molecule has 0 N–H and O–H groups in total. The average molecular weight is 281 g/mol. The summed E-state index contributed by atoms with van der Waals surface area (Å²) in [4.78, 5) is 28.1. The van der Waals surface area contributed by atoms with E-state index in [-0.39, 0.29) is 19.6 Å². The molecule has 6 heteroatoms. The summed E-state index contributed by atoms with van der Waals surface area (Å²) in [5.74, 6) is -0.255. The highest BCUT2D eigenvalue weighted by molar-refractivity contribution is 5.93. The zero-order chi connectivity index (χ0) is 15.0. The first-order valence-corrected chi connectivity index (χ1v) is 6.24. The maximum absolute atomic E-state index is 11.6. The van der Waals surface area contributed by atoms with Gasteiger partial charge in [-0.05, 0) is 24.6 Å². The molecule has 110 valence electrons. The number of esters is 1. The third-order valence-electron chi connectivity index (χ3n) is 2.54. The molecule has 1 rings (SSSR count). The molecule has 0 unspecified atom stereocenters. The van der Waals surface area contributed by atoms with Crippen molar-refractivity contribution < 1.29 is 23.9 Å². The number of ether oxygens (including phenoxy) is 2. The highest BCUT2D eigenvalue weighted by Crippen LogP contribution is 2.12. The van der Waals surface area contributed by atoms with Crippen LogP contribution in [0.5, 0.6) is 5.75 Å². The Morgan fingerprint density at radius 1 is 1.20 bits per heavy atom. The number of carbonyl (C=O) groups excluding carboxylic acids is 2. The standard InChI is InChI=1S/C14H19NO5/c1-4-19-14(17)9-13(16)15(2)20-10-11-5-7-12(18-3)8-6-11/h5-8H,4,9-10H2,1-3H3. The Morgan fingerprint density at radius 2 is 1.85 bits per heavy atom. The Labute approximate surface area is 118 Å². The Kier molecular flexibility index (Phi) is 6.52. The van der Waals surface area contributed by atoms with Crippen LogP contribution in [0, 0.1) is 0 Å². The van der Waals surface area contributed by atoms with Crippen molar-refractivity contribution in [3.8, 4) is 5.75 Å². The summed E-state index contributed by atoms with van der Waals surface area (Å²) < 4.78 is 9.74. The average Bonchev–Trinajstić information content (AvgIpc) is 2.45. The maximum Gasteiger partial charge on any atom is 0.315 e. The van der Waals surface area contributed by atoms with Gasteiger partial charge in [0.15, 0.2) is 0 Å². The fourth-order valence-corrected chi connectivity index (χ4v) is 1.41. The molecule has 0 saturated heterocycles. The molecule has 6 nitrogen and oxygen atoms in total. The Morgan fingerprint density at radius 3 is 2.40 bits per heavy atom. The predicted molar refractivity (Wildman–Crippen MR) is 71.8 cm³/mol. The Bertz CT molecular complexity index is 443.